The Balaban J connectivity index is 1.67. The lowest BCUT2D eigenvalue weighted by Gasteiger charge is -2.44. The number of amides is 5. The smallest absolute Gasteiger partial charge is 0.303 e. The summed E-state index contributed by atoms with van der Waals surface area (Å²) in [6.45, 7) is 6.86. The number of ether oxygens (including phenoxy) is 13. The third-order valence-corrected chi connectivity index (χ3v) is 11.4. The summed E-state index contributed by atoms with van der Waals surface area (Å²) in [6, 6.07) is 5.50. The van der Waals surface area contributed by atoms with E-state index in [4.69, 9.17) is 61.6 Å². The van der Waals surface area contributed by atoms with Gasteiger partial charge < -0.3 is 93.3 Å². The molecule has 1 aromatic carbocycles. The zero-order chi connectivity index (χ0) is 60.7. The van der Waals surface area contributed by atoms with Crippen molar-refractivity contribution in [2.75, 3.05) is 72.6 Å². The van der Waals surface area contributed by atoms with Crippen LogP contribution in [0.15, 0.2) is 30.3 Å². The average molecular weight is 1170 g/mol. The number of nitrogens with one attached hydrogen (secondary N) is 5. The summed E-state index contributed by atoms with van der Waals surface area (Å²) in [5.74, 6) is -8.29. The molecule has 12 atom stereocenters. The summed E-state index contributed by atoms with van der Waals surface area (Å²) in [7, 11) is 0. The van der Waals surface area contributed by atoms with E-state index < -0.39 is 165 Å². The minimum absolute atomic E-state index is 0.00735. The third-order valence-electron chi connectivity index (χ3n) is 11.4. The van der Waals surface area contributed by atoms with Gasteiger partial charge in [0, 0.05) is 68.5 Å². The Hall–Kier alpha value is -6.93. The fourth-order valence-electron chi connectivity index (χ4n) is 8.18. The van der Waals surface area contributed by atoms with Crippen LogP contribution in [-0.2, 0) is 121 Å². The Morgan fingerprint density at radius 2 is 1.01 bits per heavy atom. The van der Waals surface area contributed by atoms with Gasteiger partial charge in [0.15, 0.2) is 37.0 Å². The van der Waals surface area contributed by atoms with Gasteiger partial charge in [-0.3, -0.25) is 52.7 Å². The number of carbonyl (C=O) groups excluding carboxylic acids is 11. The van der Waals surface area contributed by atoms with Gasteiger partial charge in [0.05, 0.1) is 39.6 Å². The van der Waals surface area contributed by atoms with Crippen molar-refractivity contribution in [3.05, 3.63) is 35.9 Å². The van der Waals surface area contributed by atoms with Gasteiger partial charge in [-0.15, -0.1) is 0 Å². The Morgan fingerprint density at radius 1 is 0.537 bits per heavy atom. The van der Waals surface area contributed by atoms with E-state index in [-0.39, 0.29) is 65.4 Å². The number of benzene rings is 1. The minimum atomic E-state index is -1.60. The molecule has 0 saturated carbocycles. The molecule has 2 fully saturated rings. The van der Waals surface area contributed by atoms with Crippen molar-refractivity contribution in [2.24, 2.45) is 0 Å². The first-order chi connectivity index (χ1) is 38.9. The summed E-state index contributed by atoms with van der Waals surface area (Å²) in [5.41, 5.74) is 0.954. The molecule has 0 aliphatic carbocycles. The number of esters is 6. The van der Waals surface area contributed by atoms with Crippen LogP contribution in [0.25, 0.3) is 0 Å². The molecule has 30 nitrogen and oxygen atoms in total. The molecule has 0 aromatic heterocycles. The number of rotatable bonds is 35. The zero-order valence-electron chi connectivity index (χ0n) is 47.2. The molecule has 1 aromatic rings. The second-order valence-electron chi connectivity index (χ2n) is 18.7. The van der Waals surface area contributed by atoms with E-state index in [0.29, 0.717) is 6.61 Å². The van der Waals surface area contributed by atoms with Crippen LogP contribution in [0.2, 0.25) is 0 Å². The molecule has 0 unspecified atom stereocenters. The second kappa shape index (κ2) is 37.2. The van der Waals surface area contributed by atoms with Gasteiger partial charge in [0.2, 0.25) is 29.5 Å². The fourth-order valence-corrected chi connectivity index (χ4v) is 8.18. The molecule has 2 aliphatic rings. The molecule has 3 rings (SSSR count). The fraction of sp³-hybridized carbons (Fsp3) is 0.673. The summed E-state index contributed by atoms with van der Waals surface area (Å²) in [5, 5.41) is 23.2. The highest BCUT2D eigenvalue weighted by atomic mass is 16.7. The molecule has 0 bridgehead atoms. The monoisotopic (exact) mass is 1170 g/mol. The lowest BCUT2D eigenvalue weighted by Crippen LogP contribution is -2.66. The Bertz CT molecular complexity index is 2260. The van der Waals surface area contributed by atoms with E-state index >= 15 is 0 Å². The van der Waals surface area contributed by atoms with Gasteiger partial charge in [0.1, 0.15) is 62.9 Å². The van der Waals surface area contributed by atoms with Crippen molar-refractivity contribution in [3.8, 4) is 0 Å². The average Bonchev–Trinajstić information content (AvgIpc) is 3.47. The number of hydrogen-bond acceptors (Lipinski definition) is 25. The molecule has 2 aliphatic heterocycles. The summed E-state index contributed by atoms with van der Waals surface area (Å²) in [6.07, 6.45) is -11.9. The normalized spacial score (nSPS) is 22.8. The summed E-state index contributed by atoms with van der Waals surface area (Å²) < 4.78 is 71.9. The maximum Gasteiger partial charge on any atom is 0.303 e. The molecule has 82 heavy (non-hydrogen) atoms. The number of aliphatic hydroxyl groups is 1. The zero-order valence-corrected chi connectivity index (χ0v) is 47.2. The molecule has 0 spiro atoms. The van der Waals surface area contributed by atoms with Crippen LogP contribution in [0.5, 0.6) is 0 Å². The molecule has 6 N–H and O–H groups in total. The molecule has 5 amide bonds. The summed E-state index contributed by atoms with van der Waals surface area (Å²) >= 11 is 0. The number of unbranched alkanes of at least 4 members (excludes halogenated alkanes) is 1. The van der Waals surface area contributed by atoms with Crippen molar-refractivity contribution in [2.45, 2.75) is 155 Å². The van der Waals surface area contributed by atoms with Crippen LogP contribution in [-0.4, -0.2) is 216 Å². The molecule has 0 radical (unpaired) electrons. The number of hydrogen-bond donors (Lipinski definition) is 6. The molecule has 2 heterocycles. The van der Waals surface area contributed by atoms with Gasteiger partial charge in [-0.1, -0.05) is 30.3 Å². The first-order valence-corrected chi connectivity index (χ1v) is 26.3. The molecule has 460 valence electrons. The maximum atomic E-state index is 13.6. The molecular weight excluding hydrogens is 1090 g/mol. The van der Waals surface area contributed by atoms with E-state index in [1.807, 2.05) is 30.3 Å². The predicted molar refractivity (Wildman–Crippen MR) is 275 cm³/mol. The summed E-state index contributed by atoms with van der Waals surface area (Å²) in [4.78, 5) is 137. The Morgan fingerprint density at radius 3 is 1.50 bits per heavy atom. The Labute approximate surface area is 473 Å². The van der Waals surface area contributed by atoms with Crippen molar-refractivity contribution >= 4 is 65.4 Å². The van der Waals surface area contributed by atoms with Crippen LogP contribution in [0.3, 0.4) is 0 Å². The first kappa shape index (κ1) is 69.3. The standard InChI is InChI=1S/C52H77N5O25/c1-29(58)55-44-48(79-35(7)64)46(77-33(5)62)40(25-73-31(3)60)81-51(44)75-27-42(67)53-17-13-12-16-39(50(69)54-18-19-70-20-21-71-23-38(66)24-72-22-37-14-10-9-11-15-37)57-43(68)28-76-52-45(56-30(2)59)49(80-36(8)65)47(78-34(6)63)41(82-52)26-74-32(4)61/h9-11,14-15,38-41,44-49,51-52,66H,12-13,16-28H2,1-8H3,(H,53,67)(H,54,69)(H,55,58)(H,56,59)(H,57,68)/t38-,39-,40+,41+,44+,45+,46-,47-,48+,49+,51+,52+/m0/s1. The van der Waals surface area contributed by atoms with Gasteiger partial charge in [0.25, 0.3) is 0 Å². The Kier molecular flexibility index (Phi) is 31.5. The minimum Gasteiger partial charge on any atom is -0.463 e. The predicted octanol–water partition coefficient (Wildman–Crippen LogP) is -2.17. The van der Waals surface area contributed by atoms with E-state index in [9.17, 15) is 57.8 Å². The van der Waals surface area contributed by atoms with Crippen molar-refractivity contribution in [1.82, 2.24) is 26.6 Å². The SMILES string of the molecule is CC(=O)N[C@H]1[C@H](OCC(=O)NCCCC[C@H](NC(=O)CO[C@@H]2O[C@H](COC(C)=O)[C@H](OC(C)=O)[C@H](OC(C)=O)[C@H]2NC(C)=O)C(=O)NCCOCCOC[C@H](O)COCc2ccccc2)O[C@H](COC(C)=O)[C@H](OC(C)=O)[C@@H]1OC(C)=O. The van der Waals surface area contributed by atoms with E-state index in [1.165, 1.54) is 0 Å². The van der Waals surface area contributed by atoms with Crippen molar-refractivity contribution < 1.29 is 119 Å². The van der Waals surface area contributed by atoms with Crippen LogP contribution in [0.4, 0.5) is 0 Å². The largest absolute Gasteiger partial charge is 0.463 e. The lowest BCUT2D eigenvalue weighted by molar-refractivity contribution is -0.276. The quantitative estimate of drug-likeness (QED) is 0.0239. The van der Waals surface area contributed by atoms with Crippen LogP contribution in [0, 0.1) is 0 Å². The van der Waals surface area contributed by atoms with Crippen molar-refractivity contribution in [3.63, 3.8) is 0 Å². The maximum absolute atomic E-state index is 13.6. The topological polar surface area (TPSA) is 388 Å². The number of carbonyl (C=O) groups is 11. The van der Waals surface area contributed by atoms with Gasteiger partial charge >= 0.3 is 35.8 Å². The van der Waals surface area contributed by atoms with Gasteiger partial charge in [-0.25, -0.2) is 0 Å². The van der Waals surface area contributed by atoms with Crippen LogP contribution < -0.4 is 26.6 Å². The highest BCUT2D eigenvalue weighted by Gasteiger charge is 2.53. The highest BCUT2D eigenvalue weighted by molar-refractivity contribution is 5.88. The first-order valence-electron chi connectivity index (χ1n) is 26.3. The van der Waals surface area contributed by atoms with Gasteiger partial charge in [-0.05, 0) is 24.8 Å². The van der Waals surface area contributed by atoms with E-state index in [1.54, 1.807) is 0 Å². The third kappa shape index (κ3) is 27.2. The molecule has 2 saturated heterocycles. The van der Waals surface area contributed by atoms with E-state index in [0.717, 1.165) is 61.0 Å². The highest BCUT2D eigenvalue weighted by Crippen LogP contribution is 2.30. The molecule has 30 heteroatoms. The molecular formula is C52H77N5O25. The van der Waals surface area contributed by atoms with Crippen LogP contribution in [0.1, 0.15) is 80.2 Å². The number of aliphatic hydroxyl groups excluding tert-OH is 1. The van der Waals surface area contributed by atoms with E-state index in [2.05, 4.69) is 26.6 Å². The van der Waals surface area contributed by atoms with Crippen molar-refractivity contribution in [1.29, 1.82) is 0 Å². The van der Waals surface area contributed by atoms with Gasteiger partial charge in [-0.2, -0.15) is 0 Å². The second-order valence-corrected chi connectivity index (χ2v) is 18.7. The lowest BCUT2D eigenvalue weighted by atomic mass is 9.96. The van der Waals surface area contributed by atoms with Crippen LogP contribution >= 0.6 is 0 Å².